The summed E-state index contributed by atoms with van der Waals surface area (Å²) < 4.78 is 11.1. The van der Waals surface area contributed by atoms with Gasteiger partial charge in [-0.1, -0.05) is 70.4 Å². The molecule has 156 valence electrons. The van der Waals surface area contributed by atoms with Crippen molar-refractivity contribution in [3.05, 3.63) is 35.4 Å². The van der Waals surface area contributed by atoms with E-state index in [0.29, 0.717) is 17.7 Å². The molecule has 4 heteroatoms. The minimum absolute atomic E-state index is 0.0354. The van der Waals surface area contributed by atoms with Crippen LogP contribution in [0, 0.1) is 0 Å². The van der Waals surface area contributed by atoms with E-state index in [1.54, 1.807) is 24.3 Å². The first-order valence-corrected chi connectivity index (χ1v) is 11.2. The molecule has 0 aromatic heterocycles. The maximum absolute atomic E-state index is 12.6. The lowest BCUT2D eigenvalue weighted by molar-refractivity contribution is 0.0258. The van der Waals surface area contributed by atoms with E-state index in [0.717, 1.165) is 38.5 Å². The third kappa shape index (κ3) is 8.04. The number of ether oxygens (including phenoxy) is 2. The average Bonchev–Trinajstić information content (AvgIpc) is 2.98. The van der Waals surface area contributed by atoms with E-state index in [1.807, 2.05) is 0 Å². The molecule has 1 fully saturated rings. The van der Waals surface area contributed by atoms with Crippen molar-refractivity contribution in [2.75, 3.05) is 6.61 Å². The Labute approximate surface area is 170 Å². The van der Waals surface area contributed by atoms with Crippen LogP contribution in [0.3, 0.4) is 0 Å². The first-order chi connectivity index (χ1) is 13.7. The third-order valence-corrected chi connectivity index (χ3v) is 5.42. The van der Waals surface area contributed by atoms with Crippen LogP contribution in [-0.2, 0) is 9.47 Å². The van der Waals surface area contributed by atoms with Crippen LogP contribution in [0.4, 0.5) is 0 Å². The van der Waals surface area contributed by atoms with E-state index in [-0.39, 0.29) is 6.10 Å². The molecule has 1 saturated carbocycles. The highest BCUT2D eigenvalue weighted by Gasteiger charge is 2.22. The van der Waals surface area contributed by atoms with Crippen LogP contribution in [0.1, 0.15) is 111 Å². The summed E-state index contributed by atoms with van der Waals surface area (Å²) in [7, 11) is 0. The fourth-order valence-corrected chi connectivity index (χ4v) is 3.72. The van der Waals surface area contributed by atoms with Gasteiger partial charge in [0.2, 0.25) is 0 Å². The molecule has 0 amide bonds. The maximum Gasteiger partial charge on any atom is 0.339 e. The molecule has 0 unspecified atom stereocenters. The quantitative estimate of drug-likeness (QED) is 0.247. The van der Waals surface area contributed by atoms with Crippen molar-refractivity contribution in [3.8, 4) is 0 Å². The van der Waals surface area contributed by atoms with Crippen LogP contribution in [0.2, 0.25) is 0 Å². The summed E-state index contributed by atoms with van der Waals surface area (Å²) in [6.45, 7) is 2.61. The molecule has 1 aromatic carbocycles. The molecule has 0 aliphatic heterocycles. The Hall–Kier alpha value is -1.84. The van der Waals surface area contributed by atoms with Crippen LogP contribution >= 0.6 is 0 Å². The Morgan fingerprint density at radius 1 is 0.821 bits per heavy atom. The fraction of sp³-hybridized carbons (Fsp3) is 0.667. The first kappa shape index (κ1) is 22.4. The van der Waals surface area contributed by atoms with Crippen molar-refractivity contribution in [1.82, 2.24) is 0 Å². The third-order valence-electron chi connectivity index (χ3n) is 5.42. The van der Waals surface area contributed by atoms with Crippen molar-refractivity contribution in [2.45, 2.75) is 96.5 Å². The molecule has 0 spiro atoms. The summed E-state index contributed by atoms with van der Waals surface area (Å²) in [6.07, 6.45) is 14.6. The van der Waals surface area contributed by atoms with Gasteiger partial charge in [0, 0.05) is 0 Å². The SMILES string of the molecule is CCCCCCCCCOC(=O)c1ccccc1C(=O)OC1CCCCCC1. The second kappa shape index (κ2) is 13.4. The molecular formula is C24H36O4. The van der Waals surface area contributed by atoms with Crippen LogP contribution in [0.15, 0.2) is 24.3 Å². The van der Waals surface area contributed by atoms with E-state index in [1.165, 1.54) is 44.9 Å². The number of unbranched alkanes of at least 4 members (excludes halogenated alkanes) is 6. The molecule has 0 N–H and O–H groups in total. The minimum atomic E-state index is -0.431. The van der Waals surface area contributed by atoms with Gasteiger partial charge in [0.15, 0.2) is 0 Å². The highest BCUT2D eigenvalue weighted by Crippen LogP contribution is 2.22. The second-order valence-electron chi connectivity index (χ2n) is 7.82. The van der Waals surface area contributed by atoms with Crippen LogP contribution in [0.25, 0.3) is 0 Å². The molecule has 1 aliphatic carbocycles. The minimum Gasteiger partial charge on any atom is -0.462 e. The van der Waals surface area contributed by atoms with E-state index >= 15 is 0 Å². The maximum atomic E-state index is 12.6. The molecule has 0 atom stereocenters. The molecule has 0 saturated heterocycles. The van der Waals surface area contributed by atoms with Gasteiger partial charge in [0.05, 0.1) is 17.7 Å². The predicted octanol–water partition coefficient (Wildman–Crippen LogP) is 6.47. The standard InChI is InChI=1S/C24H36O4/c1-2-3-4-5-6-9-14-19-27-23(25)21-17-12-13-18-22(21)24(26)28-20-15-10-7-8-11-16-20/h12-13,17-18,20H,2-11,14-16,19H2,1H3. The highest BCUT2D eigenvalue weighted by molar-refractivity contribution is 6.03. The summed E-state index contributed by atoms with van der Waals surface area (Å²) in [4.78, 5) is 25.1. The Bertz CT molecular complexity index is 588. The van der Waals surface area contributed by atoms with Crippen LogP contribution in [-0.4, -0.2) is 24.6 Å². The molecule has 28 heavy (non-hydrogen) atoms. The van der Waals surface area contributed by atoms with Gasteiger partial charge in [-0.2, -0.15) is 0 Å². The van der Waals surface area contributed by atoms with Gasteiger partial charge in [-0.3, -0.25) is 0 Å². The zero-order valence-corrected chi connectivity index (χ0v) is 17.4. The fourth-order valence-electron chi connectivity index (χ4n) is 3.72. The van der Waals surface area contributed by atoms with Crippen molar-refractivity contribution in [2.24, 2.45) is 0 Å². The van der Waals surface area contributed by atoms with Gasteiger partial charge in [-0.15, -0.1) is 0 Å². The second-order valence-corrected chi connectivity index (χ2v) is 7.82. The van der Waals surface area contributed by atoms with Crippen molar-refractivity contribution in [1.29, 1.82) is 0 Å². The van der Waals surface area contributed by atoms with E-state index < -0.39 is 11.9 Å². The Morgan fingerprint density at radius 3 is 2.04 bits per heavy atom. The zero-order valence-electron chi connectivity index (χ0n) is 17.4. The predicted molar refractivity (Wildman–Crippen MR) is 112 cm³/mol. The molecule has 1 aromatic rings. The molecular weight excluding hydrogens is 352 g/mol. The molecule has 4 nitrogen and oxygen atoms in total. The molecule has 0 radical (unpaired) electrons. The summed E-state index contributed by atoms with van der Waals surface area (Å²) in [6, 6.07) is 6.82. The zero-order chi connectivity index (χ0) is 20.0. The van der Waals surface area contributed by atoms with Crippen molar-refractivity contribution >= 4 is 11.9 Å². The van der Waals surface area contributed by atoms with Gasteiger partial charge >= 0.3 is 11.9 Å². The van der Waals surface area contributed by atoms with Crippen LogP contribution in [0.5, 0.6) is 0 Å². The number of hydrogen-bond donors (Lipinski definition) is 0. The molecule has 0 bridgehead atoms. The highest BCUT2D eigenvalue weighted by atomic mass is 16.5. The topological polar surface area (TPSA) is 52.6 Å². The Kier molecular flexibility index (Phi) is 10.7. The Balaban J connectivity index is 1.79. The lowest BCUT2D eigenvalue weighted by atomic mass is 10.1. The number of benzene rings is 1. The van der Waals surface area contributed by atoms with Gasteiger partial charge < -0.3 is 9.47 Å². The first-order valence-electron chi connectivity index (χ1n) is 11.2. The number of rotatable bonds is 11. The summed E-state index contributed by atoms with van der Waals surface area (Å²) in [5, 5.41) is 0. The largest absolute Gasteiger partial charge is 0.462 e. The number of hydrogen-bond acceptors (Lipinski definition) is 4. The van der Waals surface area contributed by atoms with Gasteiger partial charge in [-0.05, 0) is 44.2 Å². The molecule has 1 aliphatic rings. The van der Waals surface area contributed by atoms with E-state index in [4.69, 9.17) is 9.47 Å². The molecule has 2 rings (SSSR count). The summed E-state index contributed by atoms with van der Waals surface area (Å²) in [5.41, 5.74) is 0.625. The normalized spacial score (nSPS) is 15.0. The lowest BCUT2D eigenvalue weighted by Crippen LogP contribution is -2.20. The van der Waals surface area contributed by atoms with Gasteiger partial charge in [0.1, 0.15) is 6.10 Å². The average molecular weight is 389 g/mol. The Morgan fingerprint density at radius 2 is 1.39 bits per heavy atom. The van der Waals surface area contributed by atoms with Crippen molar-refractivity contribution in [3.63, 3.8) is 0 Å². The number of esters is 2. The van der Waals surface area contributed by atoms with E-state index in [9.17, 15) is 9.59 Å². The number of carbonyl (C=O) groups excluding carboxylic acids is 2. The number of carbonyl (C=O) groups is 2. The lowest BCUT2D eigenvalue weighted by Gasteiger charge is -2.16. The van der Waals surface area contributed by atoms with E-state index in [2.05, 4.69) is 6.92 Å². The molecule has 0 heterocycles. The van der Waals surface area contributed by atoms with Crippen molar-refractivity contribution < 1.29 is 19.1 Å². The van der Waals surface area contributed by atoms with Gasteiger partial charge in [-0.25, -0.2) is 9.59 Å². The van der Waals surface area contributed by atoms with Crippen LogP contribution < -0.4 is 0 Å². The van der Waals surface area contributed by atoms with Gasteiger partial charge in [0.25, 0.3) is 0 Å². The summed E-state index contributed by atoms with van der Waals surface area (Å²) in [5.74, 6) is -0.838. The summed E-state index contributed by atoms with van der Waals surface area (Å²) >= 11 is 0. The smallest absolute Gasteiger partial charge is 0.339 e. The monoisotopic (exact) mass is 388 g/mol.